The first-order valence-corrected chi connectivity index (χ1v) is 19.7. The van der Waals surface area contributed by atoms with Gasteiger partial charge in [-0.25, -0.2) is 0 Å². The molecular formula is C41H81ClN2O2. The van der Waals surface area contributed by atoms with Crippen LogP contribution in [0.5, 0.6) is 0 Å². The molecule has 0 aliphatic carbocycles. The predicted octanol–water partition coefficient (Wildman–Crippen LogP) is 13.1. The van der Waals surface area contributed by atoms with Crippen molar-refractivity contribution in [1.29, 1.82) is 0 Å². The molecule has 5 heteroatoms. The second-order valence-electron chi connectivity index (χ2n) is 13.4. The van der Waals surface area contributed by atoms with Crippen LogP contribution < -0.4 is 5.32 Å². The molecule has 0 aromatic heterocycles. The molecule has 0 aromatic carbocycles. The molecule has 0 fully saturated rings. The highest BCUT2D eigenvalue weighted by atomic mass is 35.5. The Balaban J connectivity index is -0.00000239. The molecule has 0 unspecified atom stereocenters. The molecule has 0 spiro atoms. The summed E-state index contributed by atoms with van der Waals surface area (Å²) < 4.78 is 0. The summed E-state index contributed by atoms with van der Waals surface area (Å²) in [6.45, 7) is 7.92. The Bertz CT molecular complexity index is 613. The lowest BCUT2D eigenvalue weighted by atomic mass is 10.1. The third kappa shape index (κ3) is 47.3. The quantitative estimate of drug-likeness (QED) is 0.0573. The zero-order valence-corrected chi connectivity index (χ0v) is 32.5. The Kier molecular flexibility index (Phi) is 47.0. The summed E-state index contributed by atoms with van der Waals surface area (Å²) in [5.74, 6) is -0.184. The van der Waals surface area contributed by atoms with E-state index in [0.29, 0.717) is 12.8 Å². The number of allylic oxidation sites excluding steroid dienone is 4. The molecule has 0 heterocycles. The fourth-order valence-corrected chi connectivity index (χ4v) is 5.44. The largest absolute Gasteiger partial charge is 0.309 e. The zero-order chi connectivity index (χ0) is 33.5. The Labute approximate surface area is 295 Å². The minimum Gasteiger partial charge on any atom is -0.309 e. The van der Waals surface area contributed by atoms with Gasteiger partial charge in [0.15, 0.2) is 0 Å². The molecule has 0 saturated heterocycles. The average molecular weight is 670 g/mol. The Morgan fingerprint density at radius 2 is 0.717 bits per heavy atom. The molecule has 2 amide bonds. The van der Waals surface area contributed by atoms with Crippen molar-refractivity contribution in [2.75, 3.05) is 20.6 Å². The SMILES string of the molecule is CCCCCCCCC=CCCCCCCCC(=O)NC(=O)CCCCCCCC=CCCCCCCCC.CCCN(C)C.Cl. The summed E-state index contributed by atoms with van der Waals surface area (Å²) in [7, 11) is 4.17. The summed E-state index contributed by atoms with van der Waals surface area (Å²) >= 11 is 0. The van der Waals surface area contributed by atoms with E-state index in [1.165, 1.54) is 154 Å². The monoisotopic (exact) mass is 669 g/mol. The molecule has 0 rings (SSSR count). The summed E-state index contributed by atoms with van der Waals surface area (Å²) in [4.78, 5) is 26.2. The van der Waals surface area contributed by atoms with Crippen LogP contribution >= 0.6 is 12.4 Å². The number of halogens is 1. The van der Waals surface area contributed by atoms with Crippen molar-refractivity contribution >= 4 is 24.2 Å². The molecule has 0 bridgehead atoms. The van der Waals surface area contributed by atoms with Crippen LogP contribution in [0, 0.1) is 0 Å². The molecule has 46 heavy (non-hydrogen) atoms. The van der Waals surface area contributed by atoms with Crippen LogP contribution in [0.25, 0.3) is 0 Å². The number of nitrogens with one attached hydrogen (secondary N) is 1. The fraction of sp³-hybridized carbons (Fsp3) is 0.854. The molecule has 0 atom stereocenters. The lowest BCUT2D eigenvalue weighted by Crippen LogP contribution is -2.29. The van der Waals surface area contributed by atoms with Gasteiger partial charge in [-0.3, -0.25) is 14.9 Å². The van der Waals surface area contributed by atoms with E-state index in [-0.39, 0.29) is 24.2 Å². The first-order valence-electron chi connectivity index (χ1n) is 19.7. The normalized spacial score (nSPS) is 11.2. The van der Waals surface area contributed by atoms with Crippen molar-refractivity contribution in [3.63, 3.8) is 0 Å². The van der Waals surface area contributed by atoms with Gasteiger partial charge < -0.3 is 4.90 Å². The summed E-state index contributed by atoms with van der Waals surface area (Å²) in [5, 5.41) is 2.58. The van der Waals surface area contributed by atoms with E-state index >= 15 is 0 Å². The first-order chi connectivity index (χ1) is 22.0. The maximum atomic E-state index is 12.0. The molecule has 1 N–H and O–H groups in total. The maximum absolute atomic E-state index is 12.0. The van der Waals surface area contributed by atoms with Crippen LogP contribution in [0.3, 0.4) is 0 Å². The van der Waals surface area contributed by atoms with Crippen LogP contribution in [-0.4, -0.2) is 37.4 Å². The van der Waals surface area contributed by atoms with Crippen molar-refractivity contribution in [1.82, 2.24) is 10.2 Å². The van der Waals surface area contributed by atoms with Gasteiger partial charge in [-0.1, -0.05) is 148 Å². The highest BCUT2D eigenvalue weighted by Gasteiger charge is 2.07. The highest BCUT2D eigenvalue weighted by molar-refractivity contribution is 5.95. The summed E-state index contributed by atoms with van der Waals surface area (Å²) in [6, 6.07) is 0. The molecule has 0 aliphatic heterocycles. The van der Waals surface area contributed by atoms with E-state index in [1.807, 2.05) is 0 Å². The van der Waals surface area contributed by atoms with Gasteiger partial charge in [0.05, 0.1) is 0 Å². The van der Waals surface area contributed by atoms with Gasteiger partial charge in [0.2, 0.25) is 11.8 Å². The van der Waals surface area contributed by atoms with E-state index < -0.39 is 0 Å². The second-order valence-corrected chi connectivity index (χ2v) is 13.4. The van der Waals surface area contributed by atoms with Gasteiger partial charge in [-0.05, 0) is 91.3 Å². The number of hydrogen-bond donors (Lipinski definition) is 1. The molecule has 4 nitrogen and oxygen atoms in total. The van der Waals surface area contributed by atoms with Crippen LogP contribution in [0.15, 0.2) is 24.3 Å². The van der Waals surface area contributed by atoms with Gasteiger partial charge in [0.25, 0.3) is 0 Å². The van der Waals surface area contributed by atoms with Gasteiger partial charge >= 0.3 is 0 Å². The lowest BCUT2D eigenvalue weighted by Gasteiger charge is -2.05. The number of rotatable bonds is 32. The van der Waals surface area contributed by atoms with Gasteiger partial charge in [0.1, 0.15) is 0 Å². The predicted molar refractivity (Wildman–Crippen MR) is 208 cm³/mol. The lowest BCUT2D eigenvalue weighted by molar-refractivity contribution is -0.130. The van der Waals surface area contributed by atoms with Crippen molar-refractivity contribution in [3.8, 4) is 0 Å². The Hall–Kier alpha value is -1.13. The Morgan fingerprint density at radius 3 is 0.978 bits per heavy atom. The van der Waals surface area contributed by atoms with Crippen LogP contribution in [0.4, 0.5) is 0 Å². The van der Waals surface area contributed by atoms with Crippen molar-refractivity contribution in [2.24, 2.45) is 0 Å². The first kappa shape index (κ1) is 49.3. The van der Waals surface area contributed by atoms with Gasteiger partial charge in [-0.15, -0.1) is 12.4 Å². The number of carbonyl (C=O) groups excluding carboxylic acids is 2. The van der Waals surface area contributed by atoms with E-state index in [0.717, 1.165) is 25.7 Å². The fourth-order valence-electron chi connectivity index (χ4n) is 5.44. The number of amides is 2. The van der Waals surface area contributed by atoms with Gasteiger partial charge in [0, 0.05) is 12.8 Å². The molecule has 0 aliphatic rings. The van der Waals surface area contributed by atoms with E-state index in [9.17, 15) is 9.59 Å². The number of hydrogen-bond acceptors (Lipinski definition) is 3. The molecule has 0 aromatic rings. The van der Waals surface area contributed by atoms with E-state index in [1.54, 1.807) is 0 Å². The third-order valence-electron chi connectivity index (χ3n) is 8.28. The average Bonchev–Trinajstić information content (AvgIpc) is 3.01. The second kappa shape index (κ2) is 43.9. The number of unbranched alkanes of at least 4 members (excludes halogenated alkanes) is 22. The van der Waals surface area contributed by atoms with Crippen molar-refractivity contribution < 1.29 is 9.59 Å². The molecular weight excluding hydrogens is 588 g/mol. The number of nitrogens with zero attached hydrogens (tertiary/aromatic N) is 1. The third-order valence-corrected chi connectivity index (χ3v) is 8.28. The number of carbonyl (C=O) groups is 2. The molecule has 0 saturated carbocycles. The molecule has 274 valence electrons. The van der Waals surface area contributed by atoms with Gasteiger partial charge in [-0.2, -0.15) is 0 Å². The topological polar surface area (TPSA) is 49.4 Å². The summed E-state index contributed by atoms with van der Waals surface area (Å²) in [6.07, 6.45) is 44.2. The van der Waals surface area contributed by atoms with E-state index in [2.05, 4.69) is 69.4 Å². The number of imide groups is 1. The van der Waals surface area contributed by atoms with E-state index in [4.69, 9.17) is 0 Å². The van der Waals surface area contributed by atoms with Crippen molar-refractivity contribution in [2.45, 2.75) is 207 Å². The zero-order valence-electron chi connectivity index (χ0n) is 31.7. The standard InChI is InChI=1S/C36H67NO2.C5H13N.ClH/c1-3-5-7-9-11-13-15-17-19-21-23-25-27-29-31-33-35(38)37-36(39)34-32-30-28-26-24-22-20-18-16-14-12-10-8-6-4-2;1-4-5-6(2)3;/h17-20H,3-16,21-34H2,1-2H3,(H,37,38,39);4-5H2,1-3H3;1H. The maximum Gasteiger partial charge on any atom is 0.226 e. The van der Waals surface area contributed by atoms with Crippen LogP contribution in [-0.2, 0) is 9.59 Å². The van der Waals surface area contributed by atoms with Crippen LogP contribution in [0.1, 0.15) is 207 Å². The smallest absolute Gasteiger partial charge is 0.226 e. The van der Waals surface area contributed by atoms with Crippen molar-refractivity contribution in [3.05, 3.63) is 24.3 Å². The minimum absolute atomic E-state index is 0. The van der Waals surface area contributed by atoms with Crippen LogP contribution in [0.2, 0.25) is 0 Å². The summed E-state index contributed by atoms with van der Waals surface area (Å²) in [5.41, 5.74) is 0. The minimum atomic E-state index is -0.0922. The highest BCUT2D eigenvalue weighted by Crippen LogP contribution is 2.12. The molecule has 0 radical (unpaired) electrons. The Morgan fingerprint density at radius 1 is 0.435 bits per heavy atom.